The molecule has 0 aliphatic carbocycles. The summed E-state index contributed by atoms with van der Waals surface area (Å²) in [5, 5.41) is 8.81. The number of rotatable bonds is 6. The minimum Gasteiger partial charge on any atom is -0.355 e. The van der Waals surface area contributed by atoms with Crippen molar-refractivity contribution in [1.29, 1.82) is 0 Å². The lowest BCUT2D eigenvalue weighted by molar-refractivity contribution is -0.110. The van der Waals surface area contributed by atoms with E-state index < -0.39 is 5.82 Å². The zero-order valence-corrected chi connectivity index (χ0v) is 19.6. The summed E-state index contributed by atoms with van der Waals surface area (Å²) in [6.45, 7) is 2.71. The standard InChI is InChI=1S/C27H27FN4O2/c1-16-13-18(26(33)29-2)7-11-21(16)25(30-20-9-5-17(6-10-20)15-32(3)4)24-22-12-8-19(28)14-23(22)31-27(24)34/h5-14,30H,15H2,1-4H3,(H,29,33)(H,31,34)/b25-24-. The Hall–Kier alpha value is -3.97. The highest BCUT2D eigenvalue weighted by Gasteiger charge is 2.29. The Balaban J connectivity index is 1.84. The van der Waals surface area contributed by atoms with Gasteiger partial charge < -0.3 is 20.9 Å². The number of hydrogen-bond acceptors (Lipinski definition) is 4. The van der Waals surface area contributed by atoms with Crippen molar-refractivity contribution >= 4 is 34.5 Å². The Bertz CT molecular complexity index is 1300. The van der Waals surface area contributed by atoms with Gasteiger partial charge in [0.2, 0.25) is 0 Å². The van der Waals surface area contributed by atoms with Crippen molar-refractivity contribution in [2.75, 3.05) is 31.8 Å². The third-order valence-corrected chi connectivity index (χ3v) is 5.68. The van der Waals surface area contributed by atoms with E-state index in [-0.39, 0.29) is 11.8 Å². The van der Waals surface area contributed by atoms with Crippen molar-refractivity contribution in [1.82, 2.24) is 10.2 Å². The van der Waals surface area contributed by atoms with Gasteiger partial charge in [-0.15, -0.1) is 0 Å². The first kappa shape index (κ1) is 23.2. The van der Waals surface area contributed by atoms with Gasteiger partial charge in [-0.05, 0) is 74.6 Å². The lowest BCUT2D eigenvalue weighted by atomic mass is 9.95. The van der Waals surface area contributed by atoms with Gasteiger partial charge in [-0.2, -0.15) is 0 Å². The largest absolute Gasteiger partial charge is 0.355 e. The molecule has 1 aliphatic heterocycles. The van der Waals surface area contributed by atoms with Crippen molar-refractivity contribution < 1.29 is 14.0 Å². The number of anilines is 2. The van der Waals surface area contributed by atoms with Crippen LogP contribution in [0.4, 0.5) is 15.8 Å². The molecule has 0 saturated heterocycles. The quantitative estimate of drug-likeness (QED) is 0.476. The van der Waals surface area contributed by atoms with Crippen LogP contribution >= 0.6 is 0 Å². The molecule has 0 saturated carbocycles. The zero-order valence-electron chi connectivity index (χ0n) is 19.6. The van der Waals surface area contributed by atoms with Gasteiger partial charge in [-0.3, -0.25) is 9.59 Å². The second kappa shape index (κ2) is 9.49. The average Bonchev–Trinajstić information content (AvgIpc) is 3.12. The number of halogens is 1. The molecule has 3 N–H and O–H groups in total. The maximum Gasteiger partial charge on any atom is 0.258 e. The van der Waals surface area contributed by atoms with Crippen LogP contribution in [0.2, 0.25) is 0 Å². The van der Waals surface area contributed by atoms with Gasteiger partial charge >= 0.3 is 0 Å². The predicted octanol–water partition coefficient (Wildman–Crippen LogP) is 4.49. The van der Waals surface area contributed by atoms with Crippen LogP contribution in [0.3, 0.4) is 0 Å². The molecule has 34 heavy (non-hydrogen) atoms. The fourth-order valence-electron chi connectivity index (χ4n) is 4.09. The molecule has 0 fully saturated rings. The van der Waals surface area contributed by atoms with Crippen LogP contribution in [-0.4, -0.2) is 37.9 Å². The lowest BCUT2D eigenvalue weighted by Crippen LogP contribution is -2.18. The highest BCUT2D eigenvalue weighted by atomic mass is 19.1. The Morgan fingerprint density at radius 1 is 1.03 bits per heavy atom. The molecule has 6 nitrogen and oxygen atoms in total. The van der Waals surface area contributed by atoms with Crippen molar-refractivity contribution in [3.05, 3.63) is 94.3 Å². The number of carbonyl (C=O) groups is 2. The van der Waals surface area contributed by atoms with Crippen LogP contribution in [0, 0.1) is 12.7 Å². The molecule has 0 spiro atoms. The van der Waals surface area contributed by atoms with Crippen LogP contribution in [0.25, 0.3) is 11.3 Å². The molecule has 2 amide bonds. The molecule has 1 aliphatic rings. The third kappa shape index (κ3) is 4.70. The summed E-state index contributed by atoms with van der Waals surface area (Å²) in [6.07, 6.45) is 0. The summed E-state index contributed by atoms with van der Waals surface area (Å²) >= 11 is 0. The van der Waals surface area contributed by atoms with Gasteiger partial charge in [0.25, 0.3) is 11.8 Å². The number of aryl methyl sites for hydroxylation is 1. The molecule has 1 heterocycles. The minimum atomic E-state index is -0.419. The Morgan fingerprint density at radius 2 is 1.76 bits per heavy atom. The Labute approximate surface area is 198 Å². The van der Waals surface area contributed by atoms with E-state index in [1.54, 1.807) is 25.2 Å². The smallest absolute Gasteiger partial charge is 0.258 e. The Kier molecular flexibility index (Phi) is 6.47. The Morgan fingerprint density at radius 3 is 2.41 bits per heavy atom. The monoisotopic (exact) mass is 458 g/mol. The van der Waals surface area contributed by atoms with Gasteiger partial charge in [-0.25, -0.2) is 4.39 Å². The van der Waals surface area contributed by atoms with Gasteiger partial charge in [0.05, 0.1) is 17.0 Å². The summed E-state index contributed by atoms with van der Waals surface area (Å²) in [4.78, 5) is 27.3. The molecule has 0 radical (unpaired) electrons. The van der Waals surface area contributed by atoms with Gasteiger partial charge in [0, 0.05) is 36.0 Å². The normalized spacial score (nSPS) is 14.0. The van der Waals surface area contributed by atoms with E-state index >= 15 is 0 Å². The fourth-order valence-corrected chi connectivity index (χ4v) is 4.09. The SMILES string of the molecule is CNC(=O)c1ccc(/C(Nc2ccc(CN(C)C)cc2)=C2/C(=O)Nc3cc(F)ccc32)c(C)c1. The van der Waals surface area contributed by atoms with Crippen LogP contribution in [0.5, 0.6) is 0 Å². The predicted molar refractivity (Wildman–Crippen MR) is 134 cm³/mol. The van der Waals surface area contributed by atoms with E-state index in [2.05, 4.69) is 20.9 Å². The fraction of sp³-hybridized carbons (Fsp3) is 0.185. The number of amides is 2. The highest BCUT2D eigenvalue weighted by molar-refractivity contribution is 6.37. The van der Waals surface area contributed by atoms with Crippen LogP contribution < -0.4 is 16.0 Å². The summed E-state index contributed by atoms with van der Waals surface area (Å²) in [5.74, 6) is -0.924. The van der Waals surface area contributed by atoms with Crippen molar-refractivity contribution in [2.24, 2.45) is 0 Å². The van der Waals surface area contributed by atoms with Crippen LogP contribution in [-0.2, 0) is 11.3 Å². The molecular formula is C27H27FN4O2. The first-order valence-corrected chi connectivity index (χ1v) is 11.0. The van der Waals surface area contributed by atoms with Crippen molar-refractivity contribution in [2.45, 2.75) is 13.5 Å². The molecule has 7 heteroatoms. The molecule has 174 valence electrons. The number of benzene rings is 3. The molecule has 0 bridgehead atoms. The molecule has 0 atom stereocenters. The van der Waals surface area contributed by atoms with Crippen LogP contribution in [0.1, 0.15) is 32.6 Å². The van der Waals surface area contributed by atoms with Gasteiger partial charge in [0.15, 0.2) is 0 Å². The van der Waals surface area contributed by atoms with Gasteiger partial charge in [0.1, 0.15) is 5.82 Å². The lowest BCUT2D eigenvalue weighted by Gasteiger charge is -2.18. The highest BCUT2D eigenvalue weighted by Crippen LogP contribution is 2.38. The van der Waals surface area contributed by atoms with E-state index in [9.17, 15) is 14.0 Å². The van der Waals surface area contributed by atoms with E-state index in [1.807, 2.05) is 51.4 Å². The molecule has 0 unspecified atom stereocenters. The second-order valence-corrected chi connectivity index (χ2v) is 8.56. The molecule has 4 rings (SSSR count). The van der Waals surface area contributed by atoms with Gasteiger partial charge in [-0.1, -0.05) is 18.2 Å². The minimum absolute atomic E-state index is 0.187. The number of nitrogens with one attached hydrogen (secondary N) is 3. The summed E-state index contributed by atoms with van der Waals surface area (Å²) in [5.41, 5.74) is 6.15. The summed E-state index contributed by atoms with van der Waals surface area (Å²) in [6, 6.07) is 17.6. The van der Waals surface area contributed by atoms with Crippen molar-refractivity contribution in [3.8, 4) is 0 Å². The zero-order chi connectivity index (χ0) is 24.4. The topological polar surface area (TPSA) is 73.5 Å². The number of hydrogen-bond donors (Lipinski definition) is 3. The maximum atomic E-state index is 13.8. The molecular weight excluding hydrogens is 431 g/mol. The number of carbonyl (C=O) groups excluding carboxylic acids is 2. The molecule has 0 aromatic heterocycles. The second-order valence-electron chi connectivity index (χ2n) is 8.56. The van der Waals surface area contributed by atoms with Crippen molar-refractivity contribution in [3.63, 3.8) is 0 Å². The van der Waals surface area contributed by atoms with E-state index in [0.717, 1.165) is 28.9 Å². The molecule has 3 aromatic carbocycles. The third-order valence-electron chi connectivity index (χ3n) is 5.68. The molecule has 3 aromatic rings. The maximum absolute atomic E-state index is 13.8. The summed E-state index contributed by atoms with van der Waals surface area (Å²) < 4.78 is 13.8. The number of fused-ring (bicyclic) bond motifs is 1. The first-order valence-electron chi connectivity index (χ1n) is 11.0. The van der Waals surface area contributed by atoms with Crippen LogP contribution in [0.15, 0.2) is 60.7 Å². The van der Waals surface area contributed by atoms with E-state index in [0.29, 0.717) is 28.1 Å². The van der Waals surface area contributed by atoms with E-state index in [1.165, 1.54) is 12.1 Å². The first-order chi connectivity index (χ1) is 16.3. The average molecular weight is 459 g/mol. The number of nitrogens with zero attached hydrogens (tertiary/aromatic N) is 1. The summed E-state index contributed by atoms with van der Waals surface area (Å²) in [7, 11) is 5.61. The van der Waals surface area contributed by atoms with E-state index in [4.69, 9.17) is 0 Å².